The lowest BCUT2D eigenvalue weighted by Gasteiger charge is -1.87. The Balaban J connectivity index is 2.61. The highest BCUT2D eigenvalue weighted by molar-refractivity contribution is 7.71. The van der Waals surface area contributed by atoms with Crippen molar-refractivity contribution in [1.29, 1.82) is 0 Å². The van der Waals surface area contributed by atoms with Crippen LogP contribution in [0.2, 0.25) is 0 Å². The van der Waals surface area contributed by atoms with Gasteiger partial charge in [0, 0.05) is 6.07 Å². The van der Waals surface area contributed by atoms with Gasteiger partial charge in [-0.15, -0.1) is 0 Å². The van der Waals surface area contributed by atoms with Crippen LogP contribution in [-0.2, 0) is 0 Å². The number of hydrogen-bond donors (Lipinski definition) is 3. The Kier molecular flexibility index (Phi) is 1.27. The molecular formula is C8H5N3O2S. The van der Waals surface area contributed by atoms with Crippen molar-refractivity contribution in [3.8, 4) is 0 Å². The number of aromatic nitrogens is 3. The number of oxazole rings is 1. The van der Waals surface area contributed by atoms with Gasteiger partial charge in [-0.1, -0.05) is 0 Å². The number of imidazole rings is 1. The van der Waals surface area contributed by atoms with Crippen LogP contribution in [0.4, 0.5) is 0 Å². The molecule has 3 aromatic rings. The van der Waals surface area contributed by atoms with E-state index in [9.17, 15) is 4.79 Å². The van der Waals surface area contributed by atoms with E-state index in [0.29, 0.717) is 15.9 Å². The van der Waals surface area contributed by atoms with Crippen LogP contribution in [0.3, 0.4) is 0 Å². The van der Waals surface area contributed by atoms with Gasteiger partial charge in [0.05, 0.1) is 16.6 Å². The normalized spacial score (nSPS) is 11.4. The van der Waals surface area contributed by atoms with E-state index < -0.39 is 5.76 Å². The topological polar surface area (TPSA) is 77.6 Å². The zero-order valence-electron chi connectivity index (χ0n) is 6.88. The van der Waals surface area contributed by atoms with Crippen LogP contribution >= 0.6 is 12.2 Å². The van der Waals surface area contributed by atoms with Crippen molar-refractivity contribution >= 4 is 34.4 Å². The molecule has 6 heteroatoms. The molecular weight excluding hydrogens is 202 g/mol. The summed E-state index contributed by atoms with van der Waals surface area (Å²) >= 11 is 4.94. The molecule has 5 nitrogen and oxygen atoms in total. The third kappa shape index (κ3) is 0.942. The fraction of sp³-hybridized carbons (Fsp3) is 0. The lowest BCUT2D eigenvalue weighted by molar-refractivity contribution is 0.555. The molecule has 1 aromatic carbocycles. The number of hydrogen-bond acceptors (Lipinski definition) is 3. The van der Waals surface area contributed by atoms with E-state index >= 15 is 0 Å². The minimum atomic E-state index is -0.453. The lowest BCUT2D eigenvalue weighted by atomic mass is 10.3. The molecule has 2 aromatic heterocycles. The van der Waals surface area contributed by atoms with Crippen molar-refractivity contribution in [3.05, 3.63) is 27.5 Å². The van der Waals surface area contributed by atoms with Crippen LogP contribution in [0.15, 0.2) is 21.3 Å². The van der Waals surface area contributed by atoms with E-state index in [2.05, 4.69) is 15.0 Å². The van der Waals surface area contributed by atoms with Gasteiger partial charge in [0.2, 0.25) is 0 Å². The highest BCUT2D eigenvalue weighted by atomic mass is 32.1. The summed E-state index contributed by atoms with van der Waals surface area (Å²) in [6, 6.07) is 3.51. The molecule has 0 saturated carbocycles. The Bertz CT molecular complexity index is 613. The first-order valence-corrected chi connectivity index (χ1v) is 4.38. The summed E-state index contributed by atoms with van der Waals surface area (Å²) in [6.07, 6.45) is 0. The maximum Gasteiger partial charge on any atom is 0.417 e. The maximum atomic E-state index is 10.9. The third-order valence-electron chi connectivity index (χ3n) is 2.06. The summed E-state index contributed by atoms with van der Waals surface area (Å²) < 4.78 is 5.46. The molecule has 0 spiro atoms. The second-order valence-corrected chi connectivity index (χ2v) is 3.40. The van der Waals surface area contributed by atoms with Gasteiger partial charge in [-0.05, 0) is 18.3 Å². The van der Waals surface area contributed by atoms with E-state index in [1.54, 1.807) is 12.1 Å². The molecule has 0 unspecified atom stereocenters. The predicted octanol–water partition coefficient (Wildman–Crippen LogP) is 1.66. The molecule has 0 aliphatic heterocycles. The molecule has 3 N–H and O–H groups in total. The Morgan fingerprint density at radius 1 is 1.07 bits per heavy atom. The molecule has 2 heterocycles. The van der Waals surface area contributed by atoms with Crippen molar-refractivity contribution in [1.82, 2.24) is 15.0 Å². The van der Waals surface area contributed by atoms with Gasteiger partial charge in [0.1, 0.15) is 0 Å². The number of benzene rings is 1. The van der Waals surface area contributed by atoms with Gasteiger partial charge >= 0.3 is 5.76 Å². The van der Waals surface area contributed by atoms with E-state index in [0.717, 1.165) is 11.0 Å². The summed E-state index contributed by atoms with van der Waals surface area (Å²) in [5.41, 5.74) is 2.85. The van der Waals surface area contributed by atoms with Crippen LogP contribution in [0, 0.1) is 4.77 Å². The Morgan fingerprint density at radius 3 is 2.57 bits per heavy atom. The second kappa shape index (κ2) is 2.36. The highest BCUT2D eigenvalue weighted by Gasteiger charge is 2.04. The summed E-state index contributed by atoms with van der Waals surface area (Å²) in [7, 11) is 0. The number of fused-ring (bicyclic) bond motifs is 2. The lowest BCUT2D eigenvalue weighted by Crippen LogP contribution is -1.92. The first-order chi connectivity index (χ1) is 6.72. The van der Waals surface area contributed by atoms with E-state index in [4.69, 9.17) is 16.6 Å². The minimum Gasteiger partial charge on any atom is -0.408 e. The average molecular weight is 207 g/mol. The molecule has 0 amide bonds. The first-order valence-electron chi connectivity index (χ1n) is 3.97. The smallest absolute Gasteiger partial charge is 0.408 e. The fourth-order valence-corrected chi connectivity index (χ4v) is 1.70. The predicted molar refractivity (Wildman–Crippen MR) is 53.9 cm³/mol. The first kappa shape index (κ1) is 7.57. The van der Waals surface area contributed by atoms with E-state index in [1.807, 2.05) is 0 Å². The van der Waals surface area contributed by atoms with Crippen molar-refractivity contribution in [2.45, 2.75) is 0 Å². The number of aromatic amines is 3. The second-order valence-electron chi connectivity index (χ2n) is 2.99. The van der Waals surface area contributed by atoms with Crippen molar-refractivity contribution in [2.24, 2.45) is 0 Å². The summed E-state index contributed by atoms with van der Waals surface area (Å²) in [4.78, 5) is 19.4. The molecule has 14 heavy (non-hydrogen) atoms. The van der Waals surface area contributed by atoms with Gasteiger partial charge in [-0.3, -0.25) is 4.98 Å². The van der Waals surface area contributed by atoms with Crippen molar-refractivity contribution < 1.29 is 4.42 Å². The Labute approximate surface area is 81.8 Å². The SMILES string of the molecule is O=c1[nH]c2cc3[nH]c(=S)[nH]c3cc2o1. The van der Waals surface area contributed by atoms with Gasteiger partial charge in [0.15, 0.2) is 10.4 Å². The standard InChI is InChI=1S/C8H5N3O2S/c12-8-11-5-1-3-4(2-6(5)13-8)10-7(14)9-3/h1-2H,(H,11,12)(H2,9,10,14). The molecule has 0 radical (unpaired) electrons. The zero-order chi connectivity index (χ0) is 9.71. The Morgan fingerprint density at radius 2 is 1.79 bits per heavy atom. The van der Waals surface area contributed by atoms with Crippen LogP contribution in [0.25, 0.3) is 22.1 Å². The molecule has 0 fully saturated rings. The van der Waals surface area contributed by atoms with Crippen LogP contribution < -0.4 is 5.76 Å². The molecule has 3 rings (SSSR count). The molecule has 0 bridgehead atoms. The van der Waals surface area contributed by atoms with Crippen LogP contribution in [0.5, 0.6) is 0 Å². The molecule has 0 aliphatic carbocycles. The average Bonchev–Trinajstić information content (AvgIpc) is 2.59. The molecule has 0 saturated heterocycles. The monoisotopic (exact) mass is 207 g/mol. The molecule has 0 atom stereocenters. The maximum absolute atomic E-state index is 10.9. The summed E-state index contributed by atoms with van der Waals surface area (Å²) in [6.45, 7) is 0. The minimum absolute atomic E-state index is 0.453. The molecule has 70 valence electrons. The number of nitrogens with one attached hydrogen (secondary N) is 3. The van der Waals surface area contributed by atoms with Gasteiger partial charge in [-0.2, -0.15) is 0 Å². The van der Waals surface area contributed by atoms with Crippen molar-refractivity contribution in [3.63, 3.8) is 0 Å². The quantitative estimate of drug-likeness (QED) is 0.490. The Hall–Kier alpha value is -1.82. The van der Waals surface area contributed by atoms with E-state index in [1.165, 1.54) is 0 Å². The van der Waals surface area contributed by atoms with Crippen LogP contribution in [-0.4, -0.2) is 15.0 Å². The highest BCUT2D eigenvalue weighted by Crippen LogP contribution is 2.17. The number of rotatable bonds is 0. The van der Waals surface area contributed by atoms with Crippen LogP contribution in [0.1, 0.15) is 0 Å². The third-order valence-corrected chi connectivity index (χ3v) is 2.26. The largest absolute Gasteiger partial charge is 0.417 e. The van der Waals surface area contributed by atoms with Gasteiger partial charge in [0.25, 0.3) is 0 Å². The summed E-state index contributed by atoms with van der Waals surface area (Å²) in [5, 5.41) is 0. The molecule has 0 aliphatic rings. The number of H-pyrrole nitrogens is 3. The van der Waals surface area contributed by atoms with Gasteiger partial charge in [-0.25, -0.2) is 4.79 Å². The van der Waals surface area contributed by atoms with E-state index in [-0.39, 0.29) is 0 Å². The fourth-order valence-electron chi connectivity index (χ4n) is 1.48. The zero-order valence-corrected chi connectivity index (χ0v) is 7.70. The van der Waals surface area contributed by atoms with Gasteiger partial charge < -0.3 is 14.4 Å². The van der Waals surface area contributed by atoms with Crippen molar-refractivity contribution in [2.75, 3.05) is 0 Å². The summed E-state index contributed by atoms with van der Waals surface area (Å²) in [5.74, 6) is -0.453.